The molecule has 1 aromatic heterocycles. The van der Waals surface area contributed by atoms with E-state index in [1.54, 1.807) is 30.3 Å². The lowest BCUT2D eigenvalue weighted by Gasteiger charge is -2.16. The van der Waals surface area contributed by atoms with E-state index in [0.717, 1.165) is 11.3 Å². The summed E-state index contributed by atoms with van der Waals surface area (Å²) in [5.41, 5.74) is 4.16. The number of carbonyl (C=O) groups excluding carboxylic acids is 2. The van der Waals surface area contributed by atoms with Crippen LogP contribution in [0.15, 0.2) is 53.2 Å². The predicted molar refractivity (Wildman–Crippen MR) is 157 cm³/mol. The van der Waals surface area contributed by atoms with Crippen LogP contribution in [0.4, 0.5) is 0 Å². The number of allylic oxidation sites excluding steroid dienone is 1. The molecule has 206 valence electrons. The maximum atomic E-state index is 12.8. The van der Waals surface area contributed by atoms with E-state index in [4.69, 9.17) is 21.1 Å². The molecule has 1 aliphatic heterocycles. The van der Waals surface area contributed by atoms with Gasteiger partial charge in [0.25, 0.3) is 0 Å². The monoisotopic (exact) mass is 557 g/mol. The predicted octanol–water partition coefficient (Wildman–Crippen LogP) is 7.01. The fourth-order valence-corrected chi connectivity index (χ4v) is 4.78. The van der Waals surface area contributed by atoms with Crippen molar-refractivity contribution in [3.63, 3.8) is 0 Å². The molecule has 3 aromatic rings. The molecule has 0 spiro atoms. The number of halogens is 1. The van der Waals surface area contributed by atoms with Gasteiger partial charge in [-0.1, -0.05) is 38.4 Å². The maximum Gasteiger partial charge on any atom is 0.156 e. The number of aromatic nitrogens is 1. The van der Waals surface area contributed by atoms with E-state index in [-0.39, 0.29) is 35.4 Å². The zero-order valence-electron chi connectivity index (χ0n) is 23.4. The highest BCUT2D eigenvalue weighted by atomic mass is 35.5. The molecule has 8 heteroatoms. The summed E-state index contributed by atoms with van der Waals surface area (Å²) >= 11 is 6.57. The number of hydrogen-bond donors (Lipinski definition) is 0. The lowest BCUT2D eigenvalue weighted by Crippen LogP contribution is -2.16. The average Bonchev–Trinajstić information content (AvgIpc) is 3.35. The standard InChI is InChI=1S/C32H32ClN3O4/c1-6-39-29-15-28-26(13-22(29)9-19(2)37)31(23(16-34)18-35-28)40-25-8-7-21(27(33)14-25)12-24(38)10-20-11-30(36-17-20)32(3,4)5/h7-8,11,13-15,18H,6,9-10,12,17H2,1-5H3. The molecule has 0 fully saturated rings. The third-order valence-electron chi connectivity index (χ3n) is 6.48. The minimum atomic E-state index is -0.0456. The first-order valence-corrected chi connectivity index (χ1v) is 13.6. The quantitative estimate of drug-likeness (QED) is 0.265. The number of pyridine rings is 1. The number of carbonyl (C=O) groups is 2. The van der Waals surface area contributed by atoms with Crippen LogP contribution < -0.4 is 9.47 Å². The largest absolute Gasteiger partial charge is 0.494 e. The summed E-state index contributed by atoms with van der Waals surface area (Å²) in [7, 11) is 0. The highest BCUT2D eigenvalue weighted by molar-refractivity contribution is 6.31. The molecule has 0 radical (unpaired) electrons. The molecule has 0 saturated heterocycles. The summed E-state index contributed by atoms with van der Waals surface area (Å²) in [6, 6.07) is 10.8. The number of nitrogens with zero attached hydrogens (tertiary/aromatic N) is 3. The number of rotatable bonds is 10. The second-order valence-corrected chi connectivity index (χ2v) is 11.3. The van der Waals surface area contributed by atoms with Crippen LogP contribution in [0.25, 0.3) is 10.9 Å². The van der Waals surface area contributed by atoms with Crippen LogP contribution in [0.1, 0.15) is 57.7 Å². The van der Waals surface area contributed by atoms with Crippen LogP contribution in [0, 0.1) is 16.7 Å². The first-order valence-electron chi connectivity index (χ1n) is 13.2. The van der Waals surface area contributed by atoms with E-state index >= 15 is 0 Å². The lowest BCUT2D eigenvalue weighted by atomic mass is 9.89. The van der Waals surface area contributed by atoms with Crippen LogP contribution in [-0.4, -0.2) is 35.4 Å². The highest BCUT2D eigenvalue weighted by Gasteiger charge is 2.22. The molecule has 7 nitrogen and oxygen atoms in total. The van der Waals surface area contributed by atoms with Crippen molar-refractivity contribution in [1.29, 1.82) is 5.26 Å². The Morgan fingerprint density at radius 2 is 1.88 bits per heavy atom. The first-order chi connectivity index (χ1) is 19.0. The molecule has 0 amide bonds. The number of Topliss-reactive ketones (excluding diaryl/α,β-unsaturated/α-hetero) is 2. The molecule has 0 saturated carbocycles. The summed E-state index contributed by atoms with van der Waals surface area (Å²) in [5, 5.41) is 10.7. The number of ketones is 2. The molecule has 40 heavy (non-hydrogen) atoms. The molecule has 0 unspecified atom stereocenters. The summed E-state index contributed by atoms with van der Waals surface area (Å²) < 4.78 is 11.9. The summed E-state index contributed by atoms with van der Waals surface area (Å²) in [6.07, 6.45) is 4.17. The van der Waals surface area contributed by atoms with Gasteiger partial charge in [-0.2, -0.15) is 5.26 Å². The second kappa shape index (κ2) is 12.0. The van der Waals surface area contributed by atoms with Crippen molar-refractivity contribution in [3.05, 3.63) is 69.9 Å². The molecule has 2 heterocycles. The van der Waals surface area contributed by atoms with Gasteiger partial charge in [0.2, 0.25) is 0 Å². The summed E-state index contributed by atoms with van der Waals surface area (Å²) in [6.45, 7) is 10.7. The van der Waals surface area contributed by atoms with Crippen molar-refractivity contribution in [2.45, 2.75) is 53.9 Å². The van der Waals surface area contributed by atoms with Gasteiger partial charge < -0.3 is 9.47 Å². The number of aliphatic imine (C=N–C) groups is 1. The van der Waals surface area contributed by atoms with E-state index in [9.17, 15) is 14.9 Å². The number of hydrogen-bond acceptors (Lipinski definition) is 7. The molecule has 1 aliphatic rings. The molecule has 0 atom stereocenters. The third-order valence-corrected chi connectivity index (χ3v) is 6.83. The van der Waals surface area contributed by atoms with Gasteiger partial charge in [0.15, 0.2) is 5.75 Å². The smallest absolute Gasteiger partial charge is 0.156 e. The minimum absolute atomic E-state index is 0.0181. The van der Waals surface area contributed by atoms with Gasteiger partial charge in [0, 0.05) is 58.6 Å². The van der Waals surface area contributed by atoms with Gasteiger partial charge in [-0.3, -0.25) is 19.6 Å². The zero-order chi connectivity index (χ0) is 29.0. The Hall–Kier alpha value is -4.02. The Morgan fingerprint density at radius 3 is 2.50 bits per heavy atom. The van der Waals surface area contributed by atoms with E-state index in [1.807, 2.05) is 13.0 Å². The SMILES string of the molecule is CCOc1cc2ncc(C#N)c(Oc3ccc(CC(=O)CC4=CC(C(C)(C)C)=NC4)c(Cl)c3)c2cc1CC(C)=O. The van der Waals surface area contributed by atoms with E-state index < -0.39 is 0 Å². The van der Waals surface area contributed by atoms with Crippen molar-refractivity contribution in [3.8, 4) is 23.3 Å². The Labute approximate surface area is 239 Å². The Morgan fingerprint density at radius 1 is 1.10 bits per heavy atom. The Kier molecular flexibility index (Phi) is 8.70. The molecule has 4 rings (SSSR count). The lowest BCUT2D eigenvalue weighted by molar-refractivity contribution is -0.118. The van der Waals surface area contributed by atoms with Gasteiger partial charge in [0.05, 0.1) is 18.7 Å². The average molecular weight is 558 g/mol. The minimum Gasteiger partial charge on any atom is -0.494 e. The van der Waals surface area contributed by atoms with Crippen LogP contribution in [-0.2, 0) is 22.4 Å². The number of benzene rings is 2. The topological polar surface area (TPSA) is 102 Å². The van der Waals surface area contributed by atoms with Crippen molar-refractivity contribution in [1.82, 2.24) is 4.98 Å². The van der Waals surface area contributed by atoms with Gasteiger partial charge in [-0.05, 0) is 49.3 Å². The molecule has 0 aliphatic carbocycles. The Bertz CT molecular complexity index is 1590. The molecular formula is C32H32ClN3O4. The zero-order valence-corrected chi connectivity index (χ0v) is 24.2. The fraction of sp³-hybridized carbons (Fsp3) is 0.344. The maximum absolute atomic E-state index is 12.8. The van der Waals surface area contributed by atoms with Crippen molar-refractivity contribution in [2.24, 2.45) is 10.4 Å². The van der Waals surface area contributed by atoms with Crippen LogP contribution >= 0.6 is 11.6 Å². The number of fused-ring (bicyclic) bond motifs is 1. The number of ether oxygens (including phenoxy) is 2. The first kappa shape index (κ1) is 29.0. The van der Waals surface area contributed by atoms with E-state index in [0.29, 0.717) is 63.9 Å². The third kappa shape index (κ3) is 6.75. The van der Waals surface area contributed by atoms with E-state index in [1.165, 1.54) is 13.1 Å². The molecular weight excluding hydrogens is 526 g/mol. The summed E-state index contributed by atoms with van der Waals surface area (Å²) in [5.74, 6) is 1.33. The second-order valence-electron chi connectivity index (χ2n) is 10.9. The van der Waals surface area contributed by atoms with Gasteiger partial charge in [-0.15, -0.1) is 0 Å². The van der Waals surface area contributed by atoms with Crippen molar-refractivity contribution >= 4 is 39.8 Å². The molecule has 0 N–H and O–H groups in total. The Balaban J connectivity index is 1.57. The normalized spacial score (nSPS) is 13.0. The van der Waals surface area contributed by atoms with Crippen LogP contribution in [0.2, 0.25) is 5.02 Å². The summed E-state index contributed by atoms with van der Waals surface area (Å²) in [4.78, 5) is 33.7. The van der Waals surface area contributed by atoms with E-state index in [2.05, 4.69) is 36.8 Å². The van der Waals surface area contributed by atoms with Crippen LogP contribution in [0.5, 0.6) is 17.2 Å². The van der Waals surface area contributed by atoms with Gasteiger partial charge in [-0.25, -0.2) is 0 Å². The highest BCUT2D eigenvalue weighted by Crippen LogP contribution is 2.37. The van der Waals surface area contributed by atoms with Crippen molar-refractivity contribution in [2.75, 3.05) is 13.2 Å². The number of nitriles is 1. The van der Waals surface area contributed by atoms with Gasteiger partial charge in [0.1, 0.15) is 34.7 Å². The molecule has 0 bridgehead atoms. The fourth-order valence-electron chi connectivity index (χ4n) is 4.54. The van der Waals surface area contributed by atoms with Crippen molar-refractivity contribution < 1.29 is 19.1 Å². The van der Waals surface area contributed by atoms with Gasteiger partial charge >= 0.3 is 0 Å². The molecule has 2 aromatic carbocycles. The van der Waals surface area contributed by atoms with Crippen LogP contribution in [0.3, 0.4) is 0 Å².